The third kappa shape index (κ3) is 4.41. The van der Waals surface area contributed by atoms with E-state index < -0.39 is 0 Å². The second kappa shape index (κ2) is 9.90. The Kier molecular flexibility index (Phi) is 6.55. The Labute approximate surface area is 201 Å². The van der Waals surface area contributed by atoms with Crippen molar-refractivity contribution >= 4 is 28.4 Å². The standard InChI is InChI=1S/C25H26N4O4S/c1-28-24(17-8-9-22-23(14-17)33-12-5-11-32-22)26-27-25(28)34-16-21(30)19-15-29(10-13-31-2)20-7-4-3-6-18(19)20/h3-4,6-9,14-15H,5,10-13,16H2,1-2H3. The van der Waals surface area contributed by atoms with Crippen molar-refractivity contribution in [3.05, 3.63) is 54.2 Å². The number of benzene rings is 2. The molecule has 0 amide bonds. The zero-order valence-corrected chi connectivity index (χ0v) is 20.0. The van der Waals surface area contributed by atoms with Gasteiger partial charge in [0.15, 0.2) is 28.3 Å². The molecule has 0 atom stereocenters. The fraction of sp³-hybridized carbons (Fsp3) is 0.320. The van der Waals surface area contributed by atoms with Crippen LogP contribution in [0.1, 0.15) is 16.8 Å². The normalized spacial score (nSPS) is 13.2. The van der Waals surface area contributed by atoms with Gasteiger partial charge in [-0.15, -0.1) is 10.2 Å². The van der Waals surface area contributed by atoms with Gasteiger partial charge in [-0.25, -0.2) is 0 Å². The summed E-state index contributed by atoms with van der Waals surface area (Å²) in [5.41, 5.74) is 2.63. The summed E-state index contributed by atoms with van der Waals surface area (Å²) in [5.74, 6) is 2.49. The van der Waals surface area contributed by atoms with Gasteiger partial charge >= 0.3 is 0 Å². The van der Waals surface area contributed by atoms with Gasteiger partial charge in [-0.2, -0.15) is 0 Å². The summed E-state index contributed by atoms with van der Waals surface area (Å²) in [7, 11) is 3.58. The van der Waals surface area contributed by atoms with Crippen molar-refractivity contribution in [2.45, 2.75) is 18.1 Å². The summed E-state index contributed by atoms with van der Waals surface area (Å²) >= 11 is 1.38. The Morgan fingerprint density at radius 3 is 2.79 bits per heavy atom. The molecular formula is C25H26N4O4S. The number of Topliss-reactive ketones (excluding diaryl/α,β-unsaturated/α-hetero) is 1. The predicted molar refractivity (Wildman–Crippen MR) is 131 cm³/mol. The van der Waals surface area contributed by atoms with Crippen LogP contribution in [0.4, 0.5) is 0 Å². The van der Waals surface area contributed by atoms with Crippen molar-refractivity contribution in [3.63, 3.8) is 0 Å². The number of ketones is 1. The second-order valence-electron chi connectivity index (χ2n) is 8.04. The van der Waals surface area contributed by atoms with E-state index >= 15 is 0 Å². The van der Waals surface area contributed by atoms with Crippen molar-refractivity contribution in [3.8, 4) is 22.9 Å². The van der Waals surface area contributed by atoms with Crippen LogP contribution in [0.25, 0.3) is 22.3 Å². The zero-order chi connectivity index (χ0) is 23.5. The monoisotopic (exact) mass is 478 g/mol. The molecule has 5 rings (SSSR count). The lowest BCUT2D eigenvalue weighted by Gasteiger charge is -2.09. The van der Waals surface area contributed by atoms with Crippen LogP contribution >= 0.6 is 11.8 Å². The van der Waals surface area contributed by atoms with Gasteiger partial charge in [-0.1, -0.05) is 30.0 Å². The van der Waals surface area contributed by atoms with Crippen molar-refractivity contribution < 1.29 is 19.0 Å². The molecule has 0 saturated carbocycles. The Morgan fingerprint density at radius 2 is 1.94 bits per heavy atom. The molecule has 34 heavy (non-hydrogen) atoms. The maximum absolute atomic E-state index is 13.1. The molecule has 0 saturated heterocycles. The van der Waals surface area contributed by atoms with Crippen LogP contribution in [0.15, 0.2) is 53.8 Å². The molecule has 4 aromatic rings. The van der Waals surface area contributed by atoms with E-state index in [-0.39, 0.29) is 11.5 Å². The van der Waals surface area contributed by atoms with Crippen LogP contribution in [0.3, 0.4) is 0 Å². The second-order valence-corrected chi connectivity index (χ2v) is 8.98. The quantitative estimate of drug-likeness (QED) is 0.277. The lowest BCUT2D eigenvalue weighted by molar-refractivity contribution is 0.102. The molecule has 0 spiro atoms. The van der Waals surface area contributed by atoms with E-state index in [4.69, 9.17) is 14.2 Å². The van der Waals surface area contributed by atoms with Crippen LogP contribution in [0, 0.1) is 0 Å². The average Bonchev–Trinajstić information content (AvgIpc) is 3.32. The number of hydrogen-bond acceptors (Lipinski definition) is 7. The Bertz CT molecular complexity index is 1330. The van der Waals surface area contributed by atoms with Crippen molar-refractivity contribution in [1.82, 2.24) is 19.3 Å². The van der Waals surface area contributed by atoms with Crippen molar-refractivity contribution in [2.24, 2.45) is 7.05 Å². The zero-order valence-electron chi connectivity index (χ0n) is 19.2. The van der Waals surface area contributed by atoms with Crippen molar-refractivity contribution in [2.75, 3.05) is 32.7 Å². The lowest BCUT2D eigenvalue weighted by atomic mass is 10.1. The fourth-order valence-electron chi connectivity index (χ4n) is 4.05. The number of fused-ring (bicyclic) bond motifs is 2. The summed E-state index contributed by atoms with van der Waals surface area (Å²) < 4.78 is 20.7. The molecule has 0 bridgehead atoms. The Balaban J connectivity index is 1.33. The van der Waals surface area contributed by atoms with E-state index in [1.54, 1.807) is 7.11 Å². The molecule has 0 aliphatic carbocycles. The first-order chi connectivity index (χ1) is 16.7. The number of thioether (sulfide) groups is 1. The molecule has 3 heterocycles. The molecule has 9 heteroatoms. The number of hydrogen-bond donors (Lipinski definition) is 0. The van der Waals surface area contributed by atoms with E-state index in [9.17, 15) is 4.79 Å². The number of para-hydroxylation sites is 1. The Morgan fingerprint density at radius 1 is 1.12 bits per heavy atom. The maximum atomic E-state index is 13.1. The molecule has 1 aliphatic rings. The first-order valence-electron chi connectivity index (χ1n) is 11.2. The molecule has 2 aromatic carbocycles. The van der Waals surface area contributed by atoms with Gasteiger partial charge in [0, 0.05) is 55.3 Å². The fourth-order valence-corrected chi connectivity index (χ4v) is 4.84. The van der Waals surface area contributed by atoms with Gasteiger partial charge in [0.05, 0.1) is 25.6 Å². The molecule has 176 valence electrons. The van der Waals surface area contributed by atoms with E-state index in [0.29, 0.717) is 48.7 Å². The molecule has 0 N–H and O–H groups in total. The highest BCUT2D eigenvalue weighted by molar-refractivity contribution is 7.99. The van der Waals surface area contributed by atoms with Crippen LogP contribution in [-0.4, -0.2) is 57.8 Å². The highest BCUT2D eigenvalue weighted by Gasteiger charge is 2.19. The molecular weight excluding hydrogens is 452 g/mol. The van der Waals surface area contributed by atoms with Gasteiger partial charge in [-0.05, 0) is 24.3 Å². The van der Waals surface area contributed by atoms with Crippen molar-refractivity contribution in [1.29, 1.82) is 0 Å². The summed E-state index contributed by atoms with van der Waals surface area (Å²) in [6.07, 6.45) is 2.78. The summed E-state index contributed by atoms with van der Waals surface area (Å²) in [5, 5.41) is 10.3. The number of ether oxygens (including phenoxy) is 3. The molecule has 2 aromatic heterocycles. The number of aromatic nitrogens is 4. The molecule has 1 aliphatic heterocycles. The number of nitrogens with zero attached hydrogens (tertiary/aromatic N) is 4. The smallest absolute Gasteiger partial charge is 0.191 e. The summed E-state index contributed by atoms with van der Waals surface area (Å²) in [4.78, 5) is 13.1. The first-order valence-corrected chi connectivity index (χ1v) is 12.2. The molecule has 0 unspecified atom stereocenters. The number of rotatable bonds is 8. The minimum absolute atomic E-state index is 0.0532. The molecule has 0 fully saturated rings. The van der Waals surface area contributed by atoms with Gasteiger partial charge in [0.2, 0.25) is 0 Å². The van der Waals surface area contributed by atoms with E-state index in [1.165, 1.54) is 11.8 Å². The molecule has 0 radical (unpaired) electrons. The van der Waals surface area contributed by atoms with E-state index in [2.05, 4.69) is 14.8 Å². The van der Waals surface area contributed by atoms with Crippen LogP contribution in [-0.2, 0) is 18.3 Å². The number of methoxy groups -OCH3 is 1. The SMILES string of the molecule is COCCn1cc(C(=O)CSc2nnc(-c3ccc4c(c3)OCCCO4)n2C)c2ccccc21. The minimum Gasteiger partial charge on any atom is -0.490 e. The van der Waals surface area contributed by atoms with Gasteiger partial charge in [0.1, 0.15) is 0 Å². The molecule has 8 nitrogen and oxygen atoms in total. The largest absolute Gasteiger partial charge is 0.490 e. The Hall–Kier alpha value is -3.30. The van der Waals surface area contributed by atoms with E-state index in [0.717, 1.165) is 28.6 Å². The summed E-state index contributed by atoms with van der Waals surface area (Å²) in [6.45, 7) is 2.55. The van der Waals surface area contributed by atoms with Gasteiger partial charge in [-0.3, -0.25) is 4.79 Å². The topological polar surface area (TPSA) is 80.4 Å². The maximum Gasteiger partial charge on any atom is 0.191 e. The third-order valence-electron chi connectivity index (χ3n) is 5.80. The van der Waals surface area contributed by atoms with Crippen LogP contribution in [0.2, 0.25) is 0 Å². The third-order valence-corrected chi connectivity index (χ3v) is 6.82. The minimum atomic E-state index is 0.0532. The van der Waals surface area contributed by atoms with Crippen LogP contribution < -0.4 is 9.47 Å². The first kappa shape index (κ1) is 22.5. The summed E-state index contributed by atoms with van der Waals surface area (Å²) in [6, 6.07) is 13.7. The number of carbonyl (C=O) groups excluding carboxylic acids is 1. The average molecular weight is 479 g/mol. The van der Waals surface area contributed by atoms with Crippen LogP contribution in [0.5, 0.6) is 11.5 Å². The van der Waals surface area contributed by atoms with Gasteiger partial charge < -0.3 is 23.3 Å². The highest BCUT2D eigenvalue weighted by atomic mass is 32.2. The highest BCUT2D eigenvalue weighted by Crippen LogP contribution is 2.34. The van der Waals surface area contributed by atoms with Gasteiger partial charge in [0.25, 0.3) is 0 Å². The van der Waals surface area contributed by atoms with E-state index in [1.807, 2.05) is 60.3 Å². The lowest BCUT2D eigenvalue weighted by Crippen LogP contribution is -2.05. The number of carbonyl (C=O) groups is 1. The predicted octanol–water partition coefficient (Wildman–Crippen LogP) is 4.22.